The molecule has 12 heteroatoms. The van der Waals surface area contributed by atoms with Gasteiger partial charge in [-0.3, -0.25) is 14.4 Å². The lowest BCUT2D eigenvalue weighted by Gasteiger charge is -2.46. The van der Waals surface area contributed by atoms with E-state index < -0.39 is 54.4 Å². The molecule has 186 valence electrons. The van der Waals surface area contributed by atoms with Gasteiger partial charge < -0.3 is 37.9 Å². The first-order valence-corrected chi connectivity index (χ1v) is 10.3. The van der Waals surface area contributed by atoms with Crippen molar-refractivity contribution in [3.63, 3.8) is 0 Å². The molecule has 0 spiro atoms. The van der Waals surface area contributed by atoms with Gasteiger partial charge in [0.05, 0.1) is 26.9 Å². The second-order valence-electron chi connectivity index (χ2n) is 7.52. The molecule has 2 aliphatic heterocycles. The Bertz CT molecular complexity index is 987. The van der Waals surface area contributed by atoms with Crippen LogP contribution in [0.1, 0.15) is 42.8 Å². The molecule has 0 amide bonds. The van der Waals surface area contributed by atoms with Crippen molar-refractivity contribution in [2.45, 2.75) is 51.3 Å². The molecule has 0 saturated carbocycles. The lowest BCUT2D eigenvalue weighted by molar-refractivity contribution is -0.251. The summed E-state index contributed by atoms with van der Waals surface area (Å²) in [6.07, 6.45) is -5.84. The number of hydrogen-bond donors (Lipinski definition) is 0. The third-order valence-corrected chi connectivity index (χ3v) is 5.30. The van der Waals surface area contributed by atoms with Gasteiger partial charge in [-0.2, -0.15) is 0 Å². The van der Waals surface area contributed by atoms with Crippen LogP contribution in [0.4, 0.5) is 0 Å². The molecular weight excluding hydrogens is 456 g/mol. The molecule has 12 nitrogen and oxygen atoms in total. The van der Waals surface area contributed by atoms with Gasteiger partial charge in [-0.15, -0.1) is 0 Å². The normalized spacial score (nSPS) is 25.1. The van der Waals surface area contributed by atoms with Crippen LogP contribution in [0.15, 0.2) is 6.07 Å². The fourth-order valence-electron chi connectivity index (χ4n) is 4.09. The summed E-state index contributed by atoms with van der Waals surface area (Å²) in [5, 5.41) is 0. The van der Waals surface area contributed by atoms with Crippen LogP contribution in [0.3, 0.4) is 0 Å². The molecule has 0 N–H and O–H groups in total. The maximum absolute atomic E-state index is 13.0. The van der Waals surface area contributed by atoms with Crippen molar-refractivity contribution >= 4 is 23.9 Å². The van der Waals surface area contributed by atoms with E-state index in [1.807, 2.05) is 0 Å². The minimum atomic E-state index is -1.27. The molecule has 0 aliphatic carbocycles. The Balaban J connectivity index is 2.19. The van der Waals surface area contributed by atoms with E-state index in [4.69, 9.17) is 37.9 Å². The van der Waals surface area contributed by atoms with Crippen LogP contribution in [-0.2, 0) is 38.1 Å². The van der Waals surface area contributed by atoms with Gasteiger partial charge >= 0.3 is 23.9 Å². The number of hydrogen-bond acceptors (Lipinski definition) is 12. The first kappa shape index (κ1) is 25.1. The molecule has 1 saturated heterocycles. The van der Waals surface area contributed by atoms with Crippen molar-refractivity contribution in [1.82, 2.24) is 0 Å². The lowest BCUT2D eigenvalue weighted by atomic mass is 9.85. The van der Waals surface area contributed by atoms with Gasteiger partial charge in [-0.05, 0) is 6.07 Å². The molecule has 3 rings (SSSR count). The summed E-state index contributed by atoms with van der Waals surface area (Å²) in [6, 6.07) is 1.42. The van der Waals surface area contributed by atoms with Gasteiger partial charge in [0.1, 0.15) is 18.8 Å². The largest absolute Gasteiger partial charge is 0.493 e. The summed E-state index contributed by atoms with van der Waals surface area (Å²) >= 11 is 0. The molecule has 1 aromatic rings. The van der Waals surface area contributed by atoms with Gasteiger partial charge in [0.2, 0.25) is 5.75 Å². The van der Waals surface area contributed by atoms with Gasteiger partial charge in [0.25, 0.3) is 0 Å². The highest BCUT2D eigenvalue weighted by Gasteiger charge is 2.56. The predicted molar refractivity (Wildman–Crippen MR) is 111 cm³/mol. The molecule has 5 atom stereocenters. The smallest absolute Gasteiger partial charge is 0.339 e. The van der Waals surface area contributed by atoms with Crippen LogP contribution in [0, 0.1) is 0 Å². The van der Waals surface area contributed by atoms with Crippen LogP contribution in [0.5, 0.6) is 17.2 Å². The van der Waals surface area contributed by atoms with Gasteiger partial charge in [0, 0.05) is 26.3 Å². The summed E-state index contributed by atoms with van der Waals surface area (Å²) in [7, 11) is 4.17. The molecule has 1 aromatic carbocycles. The van der Waals surface area contributed by atoms with Crippen LogP contribution in [0.25, 0.3) is 0 Å². The van der Waals surface area contributed by atoms with E-state index in [2.05, 4.69) is 0 Å². The molecule has 34 heavy (non-hydrogen) atoms. The summed E-state index contributed by atoms with van der Waals surface area (Å²) in [5.41, 5.74) is 0.335. The average molecular weight is 482 g/mol. The second-order valence-corrected chi connectivity index (χ2v) is 7.52. The Kier molecular flexibility index (Phi) is 7.50. The monoisotopic (exact) mass is 482 g/mol. The fourth-order valence-corrected chi connectivity index (χ4v) is 4.09. The molecule has 0 unspecified atom stereocenters. The number of benzene rings is 1. The van der Waals surface area contributed by atoms with Gasteiger partial charge in [0.15, 0.2) is 29.8 Å². The zero-order valence-electron chi connectivity index (χ0n) is 19.6. The molecule has 0 radical (unpaired) electrons. The van der Waals surface area contributed by atoms with Crippen LogP contribution < -0.4 is 14.2 Å². The number of rotatable bonds is 7. The highest BCUT2D eigenvalue weighted by Crippen LogP contribution is 2.51. The highest BCUT2D eigenvalue weighted by molar-refractivity contribution is 5.95. The van der Waals surface area contributed by atoms with Crippen molar-refractivity contribution in [1.29, 1.82) is 0 Å². The lowest BCUT2D eigenvalue weighted by Crippen LogP contribution is -2.60. The molecule has 1 fully saturated rings. The van der Waals surface area contributed by atoms with Gasteiger partial charge in [-0.1, -0.05) is 0 Å². The van der Waals surface area contributed by atoms with E-state index in [1.54, 1.807) is 0 Å². The highest BCUT2D eigenvalue weighted by atomic mass is 16.7. The Morgan fingerprint density at radius 2 is 1.50 bits per heavy atom. The van der Waals surface area contributed by atoms with Crippen molar-refractivity contribution in [3.05, 3.63) is 17.2 Å². The topological polar surface area (TPSA) is 142 Å². The molecule has 0 bridgehead atoms. The quantitative estimate of drug-likeness (QED) is 0.406. The Labute approximate surface area is 195 Å². The maximum Gasteiger partial charge on any atom is 0.339 e. The zero-order valence-corrected chi connectivity index (χ0v) is 19.6. The molecule has 0 aromatic heterocycles. The van der Waals surface area contributed by atoms with Crippen molar-refractivity contribution in [2.75, 3.05) is 27.9 Å². The van der Waals surface area contributed by atoms with E-state index in [0.29, 0.717) is 0 Å². The first-order chi connectivity index (χ1) is 16.1. The SMILES string of the molecule is COc1cc2c(c(OC)c1OC)[C@H]1O[C@H](COC(C)=O)[C@@H](OC(C)=O)[C@H](OC(C)=O)[C@H]1OC2=O. The standard InChI is InChI=1S/C22H26O12/c1-9(23)30-8-14-17(31-10(2)24)20(32-11(3)25)21-19(33-14)15-12(22(26)34-21)7-13(27-4)16(28-5)18(15)29-6/h7,14,17,19-21H,8H2,1-6H3/t14-,17-,19-,20+,21+/m1/s1. The first-order valence-electron chi connectivity index (χ1n) is 10.3. The van der Waals surface area contributed by atoms with E-state index in [-0.39, 0.29) is 35.0 Å². The van der Waals surface area contributed by atoms with Crippen molar-refractivity contribution in [3.8, 4) is 17.2 Å². The summed E-state index contributed by atoms with van der Waals surface area (Å²) < 4.78 is 43.9. The second kappa shape index (κ2) is 10.2. The maximum atomic E-state index is 13.0. The average Bonchev–Trinajstić information content (AvgIpc) is 2.77. The number of fused-ring (bicyclic) bond motifs is 3. The summed E-state index contributed by atoms with van der Waals surface area (Å²) in [5.74, 6) is -2.23. The molecule has 2 heterocycles. The van der Waals surface area contributed by atoms with E-state index in [1.165, 1.54) is 34.3 Å². The number of carbonyl (C=O) groups is 4. The van der Waals surface area contributed by atoms with E-state index in [9.17, 15) is 19.2 Å². The Morgan fingerprint density at radius 3 is 2.03 bits per heavy atom. The zero-order chi connectivity index (χ0) is 25.2. The van der Waals surface area contributed by atoms with Crippen molar-refractivity contribution < 1.29 is 57.1 Å². The van der Waals surface area contributed by atoms with Gasteiger partial charge in [-0.25, -0.2) is 4.79 Å². The Morgan fingerprint density at radius 1 is 0.882 bits per heavy atom. The van der Waals surface area contributed by atoms with E-state index >= 15 is 0 Å². The number of methoxy groups -OCH3 is 3. The Hall–Kier alpha value is -3.54. The number of ether oxygens (including phenoxy) is 8. The van der Waals surface area contributed by atoms with E-state index in [0.717, 1.165) is 13.8 Å². The minimum Gasteiger partial charge on any atom is -0.493 e. The number of esters is 4. The fraction of sp³-hybridized carbons (Fsp3) is 0.545. The van der Waals surface area contributed by atoms with Crippen LogP contribution in [-0.4, -0.2) is 76.2 Å². The third-order valence-electron chi connectivity index (χ3n) is 5.30. The summed E-state index contributed by atoms with van der Waals surface area (Å²) in [4.78, 5) is 48.2. The predicted octanol–water partition coefficient (Wildman–Crippen LogP) is 1.12. The molecule has 2 aliphatic rings. The van der Waals surface area contributed by atoms with Crippen molar-refractivity contribution in [2.24, 2.45) is 0 Å². The summed E-state index contributed by atoms with van der Waals surface area (Å²) in [6.45, 7) is 3.19. The van der Waals surface area contributed by atoms with Crippen LogP contribution >= 0.6 is 0 Å². The molecular formula is C22H26O12. The number of carbonyl (C=O) groups excluding carboxylic acids is 4. The third kappa shape index (κ3) is 4.72. The van der Waals surface area contributed by atoms with Crippen LogP contribution in [0.2, 0.25) is 0 Å². The minimum absolute atomic E-state index is 0.0782.